The minimum Gasteiger partial charge on any atom is -0.756 e. The fourth-order valence-corrected chi connectivity index (χ4v) is 2.65. The molecule has 0 rings (SSSR count). The summed E-state index contributed by atoms with van der Waals surface area (Å²) in [7, 11) is 1.22. The highest BCUT2D eigenvalue weighted by molar-refractivity contribution is 7.44. The first-order valence-corrected chi connectivity index (χ1v) is 8.60. The van der Waals surface area contributed by atoms with Crippen LogP contribution in [0.1, 0.15) is 44.9 Å². The van der Waals surface area contributed by atoms with Gasteiger partial charge in [-0.15, -0.1) is 12.3 Å². The Bertz CT molecular complexity index is 340. The Hall–Kier alpha value is -0.370. The normalized spacial score (nSPS) is 16.4. The Morgan fingerprint density at radius 3 is 2.30 bits per heavy atom. The average molecular weight is 305 g/mol. The zero-order valence-electron chi connectivity index (χ0n) is 12.9. The first-order chi connectivity index (χ1) is 9.14. The van der Waals surface area contributed by atoms with Gasteiger partial charge in [0.2, 0.25) is 0 Å². The van der Waals surface area contributed by atoms with Crippen LogP contribution in [0.2, 0.25) is 0 Å². The van der Waals surface area contributed by atoms with Crippen molar-refractivity contribution in [2.24, 2.45) is 0 Å². The molecule has 0 aliphatic heterocycles. The topological polar surface area (TPSA) is 69.6 Å². The molecule has 0 aromatic heterocycles. The van der Waals surface area contributed by atoms with Crippen LogP contribution in [0.3, 0.4) is 0 Å². The summed E-state index contributed by atoms with van der Waals surface area (Å²) in [6.07, 6.45) is 11.3. The van der Waals surface area contributed by atoms with Crippen molar-refractivity contribution in [1.82, 2.24) is 0 Å². The highest BCUT2D eigenvalue weighted by atomic mass is 31.2. The fourth-order valence-electron chi connectivity index (χ4n) is 2.11. The molecule has 0 spiro atoms. The number of quaternary nitrogens is 1. The lowest BCUT2D eigenvalue weighted by Crippen LogP contribution is -2.42. The van der Waals surface area contributed by atoms with Crippen LogP contribution in [0.5, 0.6) is 0 Å². The number of unbranched alkanes of at least 4 members (excludes halogenated alkanes) is 5. The minimum atomic E-state index is -4.66. The number of hydrogen-bond acceptors (Lipinski definition) is 3. The zero-order chi connectivity index (χ0) is 15.6. The molecule has 0 bridgehead atoms. The van der Waals surface area contributed by atoms with Crippen LogP contribution in [0, 0.1) is 12.3 Å². The maximum atomic E-state index is 10.9. The van der Waals surface area contributed by atoms with Crippen molar-refractivity contribution in [3.05, 3.63) is 0 Å². The van der Waals surface area contributed by atoms with Crippen LogP contribution in [0.4, 0.5) is 0 Å². The fraction of sp³-hybridized carbons (Fsp3) is 0.857. The Morgan fingerprint density at radius 2 is 1.80 bits per heavy atom. The van der Waals surface area contributed by atoms with Crippen LogP contribution in [-0.2, 0) is 9.09 Å². The van der Waals surface area contributed by atoms with Crippen molar-refractivity contribution in [2.75, 3.05) is 27.7 Å². The summed E-state index contributed by atoms with van der Waals surface area (Å²) in [6, 6.07) is 0. The molecule has 0 aliphatic carbocycles. The van der Waals surface area contributed by atoms with Crippen molar-refractivity contribution < 1.29 is 23.4 Å². The average Bonchev–Trinajstić information content (AvgIpc) is 2.23. The van der Waals surface area contributed by atoms with Gasteiger partial charge in [0, 0.05) is 6.42 Å². The van der Waals surface area contributed by atoms with Gasteiger partial charge in [0.05, 0.1) is 21.1 Å². The van der Waals surface area contributed by atoms with E-state index in [4.69, 9.17) is 15.8 Å². The summed E-state index contributed by atoms with van der Waals surface area (Å²) >= 11 is 0. The molecule has 6 heteroatoms. The SMILES string of the molecule is C#CCCCCCCCC(C[N+](C)(C)C)OP(=O)([O-])O. The van der Waals surface area contributed by atoms with Gasteiger partial charge < -0.3 is 18.8 Å². The lowest BCUT2D eigenvalue weighted by molar-refractivity contribution is -0.873. The van der Waals surface area contributed by atoms with Crippen LogP contribution >= 0.6 is 7.82 Å². The predicted molar refractivity (Wildman–Crippen MR) is 78.7 cm³/mol. The number of terminal acetylenes is 1. The smallest absolute Gasteiger partial charge is 0.265 e. The Kier molecular flexibility index (Phi) is 9.37. The molecule has 0 saturated carbocycles. The molecule has 0 fully saturated rings. The molecule has 118 valence electrons. The molecule has 0 amide bonds. The summed E-state index contributed by atoms with van der Waals surface area (Å²) in [5.74, 6) is 2.61. The summed E-state index contributed by atoms with van der Waals surface area (Å²) in [4.78, 5) is 19.7. The lowest BCUT2D eigenvalue weighted by atomic mass is 10.1. The molecule has 20 heavy (non-hydrogen) atoms. The van der Waals surface area contributed by atoms with Crippen LogP contribution in [0.15, 0.2) is 0 Å². The third-order valence-electron chi connectivity index (χ3n) is 2.88. The number of hydrogen-bond donors (Lipinski definition) is 1. The largest absolute Gasteiger partial charge is 0.756 e. The molecule has 2 atom stereocenters. The third kappa shape index (κ3) is 14.0. The molecule has 1 N–H and O–H groups in total. The van der Waals surface area contributed by atoms with Crippen molar-refractivity contribution in [3.8, 4) is 12.3 Å². The zero-order valence-corrected chi connectivity index (χ0v) is 13.8. The Labute approximate surface area is 123 Å². The molecule has 0 aromatic rings. The van der Waals surface area contributed by atoms with E-state index in [1.54, 1.807) is 0 Å². The van der Waals surface area contributed by atoms with E-state index in [0.29, 0.717) is 17.4 Å². The van der Waals surface area contributed by atoms with Crippen molar-refractivity contribution in [3.63, 3.8) is 0 Å². The van der Waals surface area contributed by atoms with E-state index in [1.807, 2.05) is 21.1 Å². The number of phosphoric ester groups is 1. The summed E-state index contributed by atoms with van der Waals surface area (Å²) < 4.78 is 16.2. The van der Waals surface area contributed by atoms with Crippen LogP contribution in [0.25, 0.3) is 0 Å². The molecule has 0 aromatic carbocycles. The van der Waals surface area contributed by atoms with E-state index in [-0.39, 0.29) is 0 Å². The van der Waals surface area contributed by atoms with Gasteiger partial charge in [-0.2, -0.15) is 0 Å². The first-order valence-electron chi connectivity index (χ1n) is 7.10. The summed E-state index contributed by atoms with van der Waals surface area (Å²) in [5, 5.41) is 0. The standard InChI is InChI=1S/C14H28NO4P/c1-5-6-7-8-9-10-11-12-14(13-15(2,3)4)19-20(16,17)18/h1,14H,6-13H2,2-4H3,(H-,16,17,18). The molecule has 0 radical (unpaired) electrons. The highest BCUT2D eigenvalue weighted by Gasteiger charge is 2.22. The molecule has 0 saturated heterocycles. The van der Waals surface area contributed by atoms with Crippen LogP contribution < -0.4 is 4.89 Å². The number of phosphoric acid groups is 1. The first kappa shape index (κ1) is 19.6. The molecule has 0 aliphatic rings. The van der Waals surface area contributed by atoms with Gasteiger partial charge >= 0.3 is 0 Å². The molecule has 5 nitrogen and oxygen atoms in total. The molecular formula is C14H28NO4P. The Balaban J connectivity index is 3.99. The van der Waals surface area contributed by atoms with Gasteiger partial charge in [0.25, 0.3) is 7.82 Å². The highest BCUT2D eigenvalue weighted by Crippen LogP contribution is 2.34. The number of nitrogens with zero attached hydrogens (tertiary/aromatic N) is 1. The van der Waals surface area contributed by atoms with Gasteiger partial charge in [-0.1, -0.05) is 25.7 Å². The van der Waals surface area contributed by atoms with Crippen molar-refractivity contribution in [2.45, 2.75) is 51.0 Å². The van der Waals surface area contributed by atoms with Gasteiger partial charge in [-0.05, 0) is 12.8 Å². The van der Waals surface area contributed by atoms with E-state index >= 15 is 0 Å². The van der Waals surface area contributed by atoms with E-state index in [1.165, 1.54) is 0 Å². The number of rotatable bonds is 11. The van der Waals surface area contributed by atoms with E-state index in [9.17, 15) is 9.46 Å². The van der Waals surface area contributed by atoms with E-state index in [2.05, 4.69) is 5.92 Å². The third-order valence-corrected chi connectivity index (χ3v) is 3.45. The summed E-state index contributed by atoms with van der Waals surface area (Å²) in [5.41, 5.74) is 0. The van der Waals surface area contributed by atoms with Crippen molar-refractivity contribution >= 4 is 7.82 Å². The number of likely N-dealkylation sites (N-methyl/N-ethyl adjacent to an activating group) is 1. The Morgan fingerprint density at radius 1 is 1.25 bits per heavy atom. The van der Waals surface area contributed by atoms with Crippen molar-refractivity contribution in [1.29, 1.82) is 0 Å². The van der Waals surface area contributed by atoms with E-state index in [0.717, 1.165) is 38.5 Å². The maximum Gasteiger partial charge on any atom is 0.265 e. The second-order valence-electron chi connectivity index (χ2n) is 6.18. The van der Waals surface area contributed by atoms with E-state index < -0.39 is 13.9 Å². The molecule has 2 unspecified atom stereocenters. The van der Waals surface area contributed by atoms with Gasteiger partial charge in [0.15, 0.2) is 0 Å². The van der Waals surface area contributed by atoms with Crippen LogP contribution in [-0.4, -0.2) is 43.2 Å². The monoisotopic (exact) mass is 305 g/mol. The molecular weight excluding hydrogens is 277 g/mol. The second kappa shape index (κ2) is 9.55. The minimum absolute atomic E-state index is 0.464. The van der Waals surface area contributed by atoms with Gasteiger partial charge in [-0.3, -0.25) is 4.57 Å². The maximum absolute atomic E-state index is 10.9. The van der Waals surface area contributed by atoms with Gasteiger partial charge in [0.1, 0.15) is 12.6 Å². The lowest BCUT2D eigenvalue weighted by Gasteiger charge is -2.31. The van der Waals surface area contributed by atoms with Gasteiger partial charge in [-0.25, -0.2) is 0 Å². The molecule has 0 heterocycles. The quantitative estimate of drug-likeness (QED) is 0.274. The summed E-state index contributed by atoms with van der Waals surface area (Å²) in [6.45, 7) is 0.546. The predicted octanol–water partition coefficient (Wildman–Crippen LogP) is 1.90. The second-order valence-corrected chi connectivity index (χ2v) is 7.33.